The number of fused-ring (bicyclic) bond motifs is 1. The zero-order chi connectivity index (χ0) is 9.42. The number of nitrogens with zero attached hydrogens (tertiary/aromatic N) is 1. The molecule has 0 fully saturated rings. The quantitative estimate of drug-likeness (QED) is 0.522. The Morgan fingerprint density at radius 1 is 1.38 bits per heavy atom. The van der Waals surface area contributed by atoms with Crippen molar-refractivity contribution >= 4 is 28.5 Å². The third kappa shape index (κ3) is 1.15. The molecule has 4 nitrogen and oxygen atoms in total. The molecule has 0 atom stereocenters. The first-order valence-electron chi connectivity index (χ1n) is 3.51. The highest BCUT2D eigenvalue weighted by atomic mass is 35.5. The third-order valence-electron chi connectivity index (χ3n) is 1.68. The molecule has 0 aliphatic carbocycles. The predicted molar refractivity (Wildman–Crippen MR) is 47.9 cm³/mol. The van der Waals surface area contributed by atoms with Crippen LogP contribution in [0.5, 0.6) is 0 Å². The van der Waals surface area contributed by atoms with Crippen molar-refractivity contribution in [3.8, 4) is 0 Å². The first-order chi connectivity index (χ1) is 6.20. The molecule has 0 saturated carbocycles. The first kappa shape index (κ1) is 8.07. The van der Waals surface area contributed by atoms with Crippen LogP contribution in [-0.4, -0.2) is 4.92 Å². The number of rotatable bonds is 1. The summed E-state index contributed by atoms with van der Waals surface area (Å²) in [5.74, 6) is -0.400. The number of para-hydroxylation sites is 1. The summed E-state index contributed by atoms with van der Waals surface area (Å²) in [6, 6.07) is 6.78. The van der Waals surface area contributed by atoms with Gasteiger partial charge in [0.2, 0.25) is 0 Å². The zero-order valence-corrected chi connectivity index (χ0v) is 7.12. The molecule has 1 aromatic heterocycles. The van der Waals surface area contributed by atoms with Gasteiger partial charge in [-0.1, -0.05) is 23.7 Å². The summed E-state index contributed by atoms with van der Waals surface area (Å²) in [6.07, 6.45) is 0. The predicted octanol–water partition coefficient (Wildman–Crippen LogP) is 2.99. The first-order valence-corrected chi connectivity index (χ1v) is 3.89. The Labute approximate surface area is 77.9 Å². The van der Waals surface area contributed by atoms with Crippen molar-refractivity contribution in [3.05, 3.63) is 39.4 Å². The number of benzene rings is 1. The number of hydrogen-bond acceptors (Lipinski definition) is 3. The summed E-state index contributed by atoms with van der Waals surface area (Å²) in [5.41, 5.74) is 0.430. The fraction of sp³-hybridized carbons (Fsp3) is 0. The number of furan rings is 1. The van der Waals surface area contributed by atoms with Crippen molar-refractivity contribution < 1.29 is 9.34 Å². The average molecular weight is 198 g/mol. The van der Waals surface area contributed by atoms with Crippen LogP contribution < -0.4 is 0 Å². The summed E-state index contributed by atoms with van der Waals surface area (Å²) in [6.45, 7) is 0. The van der Waals surface area contributed by atoms with Crippen LogP contribution in [0.1, 0.15) is 0 Å². The minimum Gasteiger partial charge on any atom is -0.399 e. The highest BCUT2D eigenvalue weighted by Gasteiger charge is 2.21. The van der Waals surface area contributed by atoms with Crippen LogP contribution in [0.4, 0.5) is 5.88 Å². The summed E-state index contributed by atoms with van der Waals surface area (Å²) in [5, 5.41) is 11.0. The van der Waals surface area contributed by atoms with E-state index >= 15 is 0 Å². The molecule has 2 rings (SSSR count). The lowest BCUT2D eigenvalue weighted by molar-refractivity contribution is -0.401. The van der Waals surface area contributed by atoms with E-state index in [0.29, 0.717) is 11.0 Å². The number of hydrogen-bond donors (Lipinski definition) is 0. The maximum absolute atomic E-state index is 10.4. The molecule has 0 unspecified atom stereocenters. The minimum atomic E-state index is -0.637. The Morgan fingerprint density at radius 2 is 2.08 bits per heavy atom. The van der Waals surface area contributed by atoms with E-state index in [4.69, 9.17) is 16.0 Å². The molecule has 0 amide bonds. The maximum Gasteiger partial charge on any atom is 0.453 e. The smallest absolute Gasteiger partial charge is 0.399 e. The second-order valence-corrected chi connectivity index (χ2v) is 2.85. The van der Waals surface area contributed by atoms with Gasteiger partial charge in [0.1, 0.15) is 10.5 Å². The number of halogens is 1. The molecule has 0 radical (unpaired) electrons. The highest BCUT2D eigenvalue weighted by Crippen LogP contribution is 2.35. The molecule has 0 aliphatic heterocycles. The molecule has 66 valence electrons. The van der Waals surface area contributed by atoms with E-state index in [-0.39, 0.29) is 5.02 Å². The summed E-state index contributed by atoms with van der Waals surface area (Å²) in [7, 11) is 0. The Hall–Kier alpha value is -1.55. The Balaban J connectivity index is 2.81. The van der Waals surface area contributed by atoms with Gasteiger partial charge in [-0.15, -0.1) is 0 Å². The Bertz CT molecular complexity index is 477. The van der Waals surface area contributed by atoms with Crippen molar-refractivity contribution in [1.82, 2.24) is 0 Å². The van der Waals surface area contributed by atoms with Crippen molar-refractivity contribution in [2.24, 2.45) is 0 Å². The summed E-state index contributed by atoms with van der Waals surface area (Å²) >= 11 is 5.72. The second kappa shape index (κ2) is 2.74. The molecule has 5 heteroatoms. The lowest BCUT2D eigenvalue weighted by Crippen LogP contribution is -1.83. The number of nitro groups is 1. The van der Waals surface area contributed by atoms with E-state index in [9.17, 15) is 10.1 Å². The van der Waals surface area contributed by atoms with Crippen LogP contribution in [0.3, 0.4) is 0 Å². The third-order valence-corrected chi connectivity index (χ3v) is 2.05. The molecule has 0 spiro atoms. The molecular formula is C8H4ClNO3. The van der Waals surface area contributed by atoms with Gasteiger partial charge in [-0.3, -0.25) is 10.1 Å². The molecule has 1 heterocycles. The van der Waals surface area contributed by atoms with E-state index in [2.05, 4.69) is 0 Å². The van der Waals surface area contributed by atoms with Gasteiger partial charge in [0.05, 0.1) is 0 Å². The van der Waals surface area contributed by atoms with Gasteiger partial charge in [0.25, 0.3) is 0 Å². The fourth-order valence-electron chi connectivity index (χ4n) is 1.12. The Morgan fingerprint density at radius 3 is 2.69 bits per heavy atom. The van der Waals surface area contributed by atoms with Crippen molar-refractivity contribution in [2.45, 2.75) is 0 Å². The molecule has 0 bridgehead atoms. The van der Waals surface area contributed by atoms with Gasteiger partial charge in [0, 0.05) is 5.39 Å². The van der Waals surface area contributed by atoms with Crippen LogP contribution in [0.15, 0.2) is 28.7 Å². The lowest BCUT2D eigenvalue weighted by Gasteiger charge is -1.82. The van der Waals surface area contributed by atoms with Gasteiger partial charge in [-0.2, -0.15) is 0 Å². The average Bonchev–Trinajstić information content (AvgIpc) is 2.45. The van der Waals surface area contributed by atoms with E-state index in [0.717, 1.165) is 0 Å². The summed E-state index contributed by atoms with van der Waals surface area (Å²) < 4.78 is 4.93. The standard InChI is InChI=1S/C8H4ClNO3/c9-7-5-3-1-2-4-6(5)13-8(7)10(11)12/h1-4H. The van der Waals surface area contributed by atoms with Crippen molar-refractivity contribution in [2.75, 3.05) is 0 Å². The van der Waals surface area contributed by atoms with Gasteiger partial charge >= 0.3 is 5.88 Å². The molecular weight excluding hydrogens is 194 g/mol. The second-order valence-electron chi connectivity index (χ2n) is 2.47. The largest absolute Gasteiger partial charge is 0.453 e. The van der Waals surface area contributed by atoms with Gasteiger partial charge in [0.15, 0.2) is 5.02 Å². The lowest BCUT2D eigenvalue weighted by atomic mass is 10.3. The molecule has 0 N–H and O–H groups in total. The molecule has 2 aromatic rings. The SMILES string of the molecule is O=[N+]([O-])c1oc2ccccc2c1Cl. The maximum atomic E-state index is 10.4. The van der Waals surface area contributed by atoms with E-state index in [1.807, 2.05) is 0 Å². The van der Waals surface area contributed by atoms with Crippen LogP contribution in [-0.2, 0) is 0 Å². The zero-order valence-electron chi connectivity index (χ0n) is 6.36. The highest BCUT2D eigenvalue weighted by molar-refractivity contribution is 6.37. The van der Waals surface area contributed by atoms with Crippen LogP contribution in [0, 0.1) is 10.1 Å². The molecule has 0 saturated heterocycles. The monoisotopic (exact) mass is 197 g/mol. The van der Waals surface area contributed by atoms with Crippen LogP contribution >= 0.6 is 11.6 Å². The van der Waals surface area contributed by atoms with Gasteiger partial charge in [-0.25, -0.2) is 0 Å². The van der Waals surface area contributed by atoms with Gasteiger partial charge in [-0.05, 0) is 12.1 Å². The summed E-state index contributed by atoms with van der Waals surface area (Å²) in [4.78, 5) is 9.78. The van der Waals surface area contributed by atoms with E-state index in [1.165, 1.54) is 0 Å². The van der Waals surface area contributed by atoms with Crippen LogP contribution in [0.2, 0.25) is 5.02 Å². The molecule has 1 aromatic carbocycles. The normalized spacial score (nSPS) is 10.5. The molecule has 0 aliphatic rings. The van der Waals surface area contributed by atoms with E-state index < -0.39 is 10.8 Å². The minimum absolute atomic E-state index is 0.0561. The Kier molecular flexibility index (Phi) is 1.70. The topological polar surface area (TPSA) is 56.3 Å². The van der Waals surface area contributed by atoms with Crippen molar-refractivity contribution in [3.63, 3.8) is 0 Å². The van der Waals surface area contributed by atoms with Crippen LogP contribution in [0.25, 0.3) is 11.0 Å². The van der Waals surface area contributed by atoms with Crippen molar-refractivity contribution in [1.29, 1.82) is 0 Å². The molecule has 13 heavy (non-hydrogen) atoms. The van der Waals surface area contributed by atoms with E-state index in [1.54, 1.807) is 24.3 Å². The van der Waals surface area contributed by atoms with Gasteiger partial charge < -0.3 is 4.42 Å². The fourth-order valence-corrected chi connectivity index (χ4v) is 1.38.